The van der Waals surface area contributed by atoms with Gasteiger partial charge in [-0.3, -0.25) is 19.9 Å². The molecule has 7 nitrogen and oxygen atoms in total. The van der Waals surface area contributed by atoms with Crippen LogP contribution in [-0.2, 0) is 0 Å². The highest BCUT2D eigenvalue weighted by molar-refractivity contribution is 6.05. The Hall–Kier alpha value is -3.35. The first kappa shape index (κ1) is 14.6. The molecule has 1 amide bonds. The highest BCUT2D eigenvalue weighted by Crippen LogP contribution is 2.19. The molecule has 2 aromatic carbocycles. The number of anilines is 1. The number of fused-ring (bicyclic) bond motifs is 1. The lowest BCUT2D eigenvalue weighted by Crippen LogP contribution is -2.15. The second-order valence-electron chi connectivity index (χ2n) is 4.95. The molecule has 0 unspecified atom stereocenters. The summed E-state index contributed by atoms with van der Waals surface area (Å²) in [4.78, 5) is 31.2. The number of benzene rings is 2. The summed E-state index contributed by atoms with van der Waals surface area (Å²) in [5.41, 5.74) is 2.11. The normalized spacial score (nSPS) is 10.5. The lowest BCUT2D eigenvalue weighted by atomic mass is 10.1. The largest absolute Gasteiger partial charge is 0.305 e. The Morgan fingerprint density at radius 2 is 1.91 bits per heavy atom. The molecule has 0 saturated heterocycles. The van der Waals surface area contributed by atoms with E-state index < -0.39 is 10.8 Å². The fourth-order valence-corrected chi connectivity index (χ4v) is 2.17. The summed E-state index contributed by atoms with van der Waals surface area (Å²) in [6.45, 7) is 1.71. The van der Waals surface area contributed by atoms with Crippen LogP contribution in [0.4, 0.5) is 11.5 Å². The molecule has 0 aliphatic heterocycles. The van der Waals surface area contributed by atoms with Crippen LogP contribution < -0.4 is 5.32 Å². The van der Waals surface area contributed by atoms with Gasteiger partial charge in [0.1, 0.15) is 0 Å². The zero-order chi connectivity index (χ0) is 16.4. The Morgan fingerprint density at radius 1 is 1.17 bits per heavy atom. The van der Waals surface area contributed by atoms with E-state index in [1.807, 2.05) is 18.2 Å². The van der Waals surface area contributed by atoms with Gasteiger partial charge < -0.3 is 5.32 Å². The third-order valence-corrected chi connectivity index (χ3v) is 3.37. The zero-order valence-electron chi connectivity index (χ0n) is 12.2. The number of amides is 1. The number of aromatic nitrogens is 2. The minimum Gasteiger partial charge on any atom is -0.305 e. The number of carbonyl (C=O) groups excluding carboxylic acids is 1. The van der Waals surface area contributed by atoms with Crippen molar-refractivity contribution in [3.8, 4) is 0 Å². The van der Waals surface area contributed by atoms with E-state index in [9.17, 15) is 14.9 Å². The number of rotatable bonds is 3. The summed E-state index contributed by atoms with van der Waals surface area (Å²) in [7, 11) is 0. The molecule has 0 saturated carbocycles. The van der Waals surface area contributed by atoms with Crippen molar-refractivity contribution in [2.24, 2.45) is 0 Å². The van der Waals surface area contributed by atoms with Crippen LogP contribution in [0.2, 0.25) is 0 Å². The van der Waals surface area contributed by atoms with E-state index in [0.29, 0.717) is 16.9 Å². The first-order chi connectivity index (χ1) is 11.0. The van der Waals surface area contributed by atoms with E-state index in [0.717, 1.165) is 5.52 Å². The van der Waals surface area contributed by atoms with Crippen LogP contribution in [0.5, 0.6) is 0 Å². The molecule has 1 N–H and O–H groups in total. The van der Waals surface area contributed by atoms with Gasteiger partial charge in [-0.15, -0.1) is 0 Å². The summed E-state index contributed by atoms with van der Waals surface area (Å²) in [6.07, 6.45) is 1.45. The zero-order valence-corrected chi connectivity index (χ0v) is 12.2. The van der Waals surface area contributed by atoms with Crippen molar-refractivity contribution in [3.63, 3.8) is 0 Å². The number of nitrogens with one attached hydrogen (secondary N) is 1. The van der Waals surface area contributed by atoms with Crippen molar-refractivity contribution in [3.05, 3.63) is 69.9 Å². The van der Waals surface area contributed by atoms with E-state index in [2.05, 4.69) is 15.3 Å². The number of carbonyl (C=O) groups is 1. The molecular formula is C16H12N4O3. The van der Waals surface area contributed by atoms with Crippen LogP contribution in [0.15, 0.2) is 48.7 Å². The van der Waals surface area contributed by atoms with Gasteiger partial charge in [0.2, 0.25) is 0 Å². The van der Waals surface area contributed by atoms with E-state index in [1.165, 1.54) is 18.3 Å². The number of nitro groups is 1. The lowest BCUT2D eigenvalue weighted by Gasteiger charge is -2.07. The van der Waals surface area contributed by atoms with Crippen LogP contribution in [0.1, 0.15) is 15.9 Å². The second kappa shape index (κ2) is 5.80. The van der Waals surface area contributed by atoms with Gasteiger partial charge in [0, 0.05) is 17.7 Å². The first-order valence-electron chi connectivity index (χ1n) is 6.83. The van der Waals surface area contributed by atoms with Crippen molar-refractivity contribution in [1.82, 2.24) is 9.97 Å². The lowest BCUT2D eigenvalue weighted by molar-refractivity contribution is -0.384. The van der Waals surface area contributed by atoms with Crippen LogP contribution in [0, 0.1) is 17.0 Å². The average Bonchev–Trinajstić information content (AvgIpc) is 2.54. The van der Waals surface area contributed by atoms with Gasteiger partial charge >= 0.3 is 0 Å². The van der Waals surface area contributed by atoms with Gasteiger partial charge in [-0.25, -0.2) is 4.98 Å². The molecule has 0 fully saturated rings. The van der Waals surface area contributed by atoms with Crippen molar-refractivity contribution < 1.29 is 9.72 Å². The number of hydrogen-bond acceptors (Lipinski definition) is 5. The predicted molar refractivity (Wildman–Crippen MR) is 85.3 cm³/mol. The van der Waals surface area contributed by atoms with Crippen LogP contribution in [-0.4, -0.2) is 20.8 Å². The van der Waals surface area contributed by atoms with E-state index >= 15 is 0 Å². The van der Waals surface area contributed by atoms with Crippen LogP contribution in [0.3, 0.4) is 0 Å². The minimum atomic E-state index is -0.536. The Bertz CT molecular complexity index is 924. The number of para-hydroxylation sites is 2. The molecule has 0 aliphatic carbocycles. The summed E-state index contributed by atoms with van der Waals surface area (Å²) in [6, 6.07) is 11.4. The fourth-order valence-electron chi connectivity index (χ4n) is 2.17. The topological polar surface area (TPSA) is 98.0 Å². The standard InChI is InChI=1S/C16H12N4O3/c1-10-6-7-11(20(22)23)8-12(10)16(21)19-15-9-17-13-4-2-3-5-14(13)18-15/h2-9H,1H3,(H,18,19,21). The van der Waals surface area contributed by atoms with Gasteiger partial charge in [0.05, 0.1) is 22.2 Å². The molecule has 0 atom stereocenters. The molecule has 0 radical (unpaired) electrons. The maximum Gasteiger partial charge on any atom is 0.270 e. The monoisotopic (exact) mass is 308 g/mol. The average molecular weight is 308 g/mol. The summed E-state index contributed by atoms with van der Waals surface area (Å²) in [5.74, 6) is -0.171. The third-order valence-electron chi connectivity index (χ3n) is 3.37. The number of nitrogens with zero attached hydrogens (tertiary/aromatic N) is 3. The van der Waals surface area contributed by atoms with E-state index in [1.54, 1.807) is 19.1 Å². The Balaban J connectivity index is 1.91. The van der Waals surface area contributed by atoms with Gasteiger partial charge in [0.25, 0.3) is 11.6 Å². The van der Waals surface area contributed by atoms with Gasteiger partial charge in [-0.1, -0.05) is 18.2 Å². The van der Waals surface area contributed by atoms with Gasteiger partial charge in [0.15, 0.2) is 5.82 Å². The van der Waals surface area contributed by atoms with E-state index in [4.69, 9.17) is 0 Å². The number of non-ortho nitro benzene ring substituents is 1. The fraction of sp³-hybridized carbons (Fsp3) is 0.0625. The molecular weight excluding hydrogens is 296 g/mol. The summed E-state index contributed by atoms with van der Waals surface area (Å²) >= 11 is 0. The Morgan fingerprint density at radius 3 is 2.65 bits per heavy atom. The molecule has 0 aliphatic rings. The molecule has 7 heteroatoms. The van der Waals surface area contributed by atoms with Gasteiger partial charge in [-0.2, -0.15) is 0 Å². The highest BCUT2D eigenvalue weighted by atomic mass is 16.6. The maximum absolute atomic E-state index is 12.3. The minimum absolute atomic E-state index is 0.134. The molecule has 23 heavy (non-hydrogen) atoms. The van der Waals surface area contributed by atoms with Crippen molar-refractivity contribution in [1.29, 1.82) is 0 Å². The smallest absolute Gasteiger partial charge is 0.270 e. The molecule has 0 bridgehead atoms. The first-order valence-corrected chi connectivity index (χ1v) is 6.83. The predicted octanol–water partition coefficient (Wildman–Crippen LogP) is 3.10. The SMILES string of the molecule is Cc1ccc([N+](=O)[O-])cc1C(=O)Nc1cnc2ccccc2n1. The summed E-state index contributed by atoms with van der Waals surface area (Å²) < 4.78 is 0. The number of nitro benzene ring substituents is 1. The molecule has 1 aromatic heterocycles. The molecule has 1 heterocycles. The molecule has 3 aromatic rings. The quantitative estimate of drug-likeness (QED) is 0.592. The van der Waals surface area contributed by atoms with Crippen LogP contribution >= 0.6 is 0 Å². The van der Waals surface area contributed by atoms with Crippen molar-refractivity contribution in [2.75, 3.05) is 5.32 Å². The second-order valence-corrected chi connectivity index (χ2v) is 4.95. The number of hydrogen-bond donors (Lipinski definition) is 1. The van der Waals surface area contributed by atoms with E-state index in [-0.39, 0.29) is 11.3 Å². The highest BCUT2D eigenvalue weighted by Gasteiger charge is 2.15. The Kier molecular flexibility index (Phi) is 3.68. The maximum atomic E-state index is 12.3. The molecule has 0 spiro atoms. The van der Waals surface area contributed by atoms with Crippen molar-refractivity contribution in [2.45, 2.75) is 6.92 Å². The molecule has 114 valence electrons. The van der Waals surface area contributed by atoms with Crippen LogP contribution in [0.25, 0.3) is 11.0 Å². The van der Waals surface area contributed by atoms with Crippen molar-refractivity contribution >= 4 is 28.4 Å². The summed E-state index contributed by atoms with van der Waals surface area (Å²) in [5, 5.41) is 13.5. The molecule has 3 rings (SSSR count). The Labute approximate surface area is 131 Å². The van der Waals surface area contributed by atoms with Gasteiger partial charge in [-0.05, 0) is 24.6 Å². The number of aryl methyl sites for hydroxylation is 1. The third kappa shape index (κ3) is 2.98.